The van der Waals surface area contributed by atoms with Gasteiger partial charge in [0.1, 0.15) is 11.6 Å². The number of anilines is 2. The molecule has 1 heterocycles. The minimum absolute atomic E-state index is 0.0417. The first kappa shape index (κ1) is 13.2. The summed E-state index contributed by atoms with van der Waals surface area (Å²) in [5.74, 6) is -0.791. The van der Waals surface area contributed by atoms with Crippen LogP contribution in [0.15, 0.2) is 30.6 Å². The minimum atomic E-state index is -0.610. The number of nitrogens with one attached hydrogen (secondary N) is 1. The van der Waals surface area contributed by atoms with Crippen molar-refractivity contribution in [3.63, 3.8) is 0 Å². The fourth-order valence-electron chi connectivity index (χ4n) is 1.36. The molecule has 1 aromatic heterocycles. The van der Waals surface area contributed by atoms with E-state index >= 15 is 0 Å². The Bertz CT molecular complexity index is 622. The molecular weight excluding hydrogens is 273 g/mol. The van der Waals surface area contributed by atoms with E-state index in [0.717, 1.165) is 0 Å². The van der Waals surface area contributed by atoms with Crippen LogP contribution in [-0.2, 0) is 4.74 Å². The molecule has 0 aliphatic carbocycles. The van der Waals surface area contributed by atoms with Crippen molar-refractivity contribution in [1.82, 2.24) is 9.97 Å². The third kappa shape index (κ3) is 3.17. The molecular formula is C12H9ClFN3O2. The fraction of sp³-hybridized carbons (Fsp3) is 0.0833. The van der Waals surface area contributed by atoms with Gasteiger partial charge in [-0.2, -0.15) is 0 Å². The topological polar surface area (TPSA) is 64.1 Å². The first-order chi connectivity index (χ1) is 9.10. The lowest BCUT2D eigenvalue weighted by molar-refractivity contribution is 0.0593. The van der Waals surface area contributed by atoms with Crippen LogP contribution in [0.1, 0.15) is 10.5 Å². The van der Waals surface area contributed by atoms with Crippen molar-refractivity contribution >= 4 is 29.1 Å². The van der Waals surface area contributed by atoms with Crippen molar-refractivity contribution < 1.29 is 13.9 Å². The minimum Gasteiger partial charge on any atom is -0.464 e. The zero-order chi connectivity index (χ0) is 13.8. The van der Waals surface area contributed by atoms with Crippen molar-refractivity contribution in [3.8, 4) is 0 Å². The van der Waals surface area contributed by atoms with Crippen molar-refractivity contribution in [3.05, 3.63) is 47.1 Å². The molecule has 0 unspecified atom stereocenters. The van der Waals surface area contributed by atoms with Crippen LogP contribution in [0.2, 0.25) is 5.02 Å². The van der Waals surface area contributed by atoms with Crippen LogP contribution in [0.5, 0.6) is 0 Å². The summed E-state index contributed by atoms with van der Waals surface area (Å²) in [7, 11) is 1.24. The Morgan fingerprint density at radius 1 is 1.42 bits per heavy atom. The van der Waals surface area contributed by atoms with Gasteiger partial charge in [-0.1, -0.05) is 11.6 Å². The van der Waals surface area contributed by atoms with Crippen LogP contribution in [0, 0.1) is 5.82 Å². The van der Waals surface area contributed by atoms with Gasteiger partial charge in [0.05, 0.1) is 30.2 Å². The number of aromatic nitrogens is 2. The van der Waals surface area contributed by atoms with Crippen molar-refractivity contribution in [1.29, 1.82) is 0 Å². The first-order valence-electron chi connectivity index (χ1n) is 5.22. The molecule has 2 rings (SSSR count). The Hall–Kier alpha value is -2.21. The summed E-state index contributed by atoms with van der Waals surface area (Å²) < 4.78 is 17.6. The molecule has 0 aliphatic rings. The van der Waals surface area contributed by atoms with Gasteiger partial charge in [-0.3, -0.25) is 4.98 Å². The van der Waals surface area contributed by atoms with Crippen molar-refractivity contribution in [2.75, 3.05) is 12.4 Å². The van der Waals surface area contributed by atoms with Gasteiger partial charge in [-0.05, 0) is 18.2 Å². The summed E-state index contributed by atoms with van der Waals surface area (Å²) in [6.07, 6.45) is 2.65. The summed E-state index contributed by atoms with van der Waals surface area (Å²) in [6.45, 7) is 0. The molecule has 0 spiro atoms. The van der Waals surface area contributed by atoms with Gasteiger partial charge in [0, 0.05) is 0 Å². The molecule has 2 aromatic rings. The molecule has 0 amide bonds. The molecule has 98 valence electrons. The van der Waals surface area contributed by atoms with E-state index in [9.17, 15) is 9.18 Å². The normalized spacial score (nSPS) is 10.1. The third-order valence-electron chi connectivity index (χ3n) is 2.22. The maximum atomic E-state index is 13.1. The fourth-order valence-corrected chi connectivity index (χ4v) is 1.53. The number of esters is 1. The maximum Gasteiger partial charge on any atom is 0.358 e. The number of benzene rings is 1. The van der Waals surface area contributed by atoms with E-state index in [0.29, 0.717) is 10.7 Å². The number of halogens is 2. The van der Waals surface area contributed by atoms with E-state index < -0.39 is 11.8 Å². The molecule has 0 fully saturated rings. The Balaban J connectivity index is 2.28. The second kappa shape index (κ2) is 5.62. The van der Waals surface area contributed by atoms with Crippen LogP contribution in [0.3, 0.4) is 0 Å². The van der Waals surface area contributed by atoms with Gasteiger partial charge in [0.15, 0.2) is 5.69 Å². The quantitative estimate of drug-likeness (QED) is 0.877. The van der Waals surface area contributed by atoms with Gasteiger partial charge in [-0.15, -0.1) is 0 Å². The molecule has 0 aliphatic heterocycles. The molecule has 1 aromatic carbocycles. The highest BCUT2D eigenvalue weighted by Crippen LogP contribution is 2.25. The monoisotopic (exact) mass is 281 g/mol. The number of methoxy groups -OCH3 is 1. The van der Waals surface area contributed by atoms with E-state index in [-0.39, 0.29) is 11.5 Å². The first-order valence-corrected chi connectivity index (χ1v) is 5.60. The molecule has 0 saturated heterocycles. The number of carbonyl (C=O) groups is 1. The van der Waals surface area contributed by atoms with Gasteiger partial charge >= 0.3 is 5.97 Å². The molecule has 0 radical (unpaired) electrons. The Labute approximate surface area is 113 Å². The lowest BCUT2D eigenvalue weighted by atomic mass is 10.3. The van der Waals surface area contributed by atoms with E-state index in [2.05, 4.69) is 20.0 Å². The number of carbonyl (C=O) groups excluding carboxylic acids is 1. The van der Waals surface area contributed by atoms with E-state index in [1.54, 1.807) is 0 Å². The Kier molecular flexibility index (Phi) is 3.91. The molecule has 7 heteroatoms. The second-order valence-corrected chi connectivity index (χ2v) is 3.94. The maximum absolute atomic E-state index is 13.1. The van der Waals surface area contributed by atoms with Gasteiger partial charge < -0.3 is 10.1 Å². The zero-order valence-electron chi connectivity index (χ0n) is 9.85. The average Bonchev–Trinajstić information content (AvgIpc) is 2.42. The summed E-state index contributed by atoms with van der Waals surface area (Å²) >= 11 is 5.91. The predicted molar refractivity (Wildman–Crippen MR) is 68.1 cm³/mol. The lowest BCUT2D eigenvalue weighted by Crippen LogP contribution is -2.06. The van der Waals surface area contributed by atoms with Crippen LogP contribution in [-0.4, -0.2) is 23.0 Å². The SMILES string of the molecule is COC(=O)c1cncc(Nc2cc(F)ccc2Cl)n1. The molecule has 1 N–H and O–H groups in total. The third-order valence-corrected chi connectivity index (χ3v) is 2.55. The van der Waals surface area contributed by atoms with E-state index in [1.165, 1.54) is 37.7 Å². The van der Waals surface area contributed by atoms with Gasteiger partial charge in [0.2, 0.25) is 0 Å². The second-order valence-electron chi connectivity index (χ2n) is 3.53. The number of nitrogens with zero attached hydrogens (tertiary/aromatic N) is 2. The van der Waals surface area contributed by atoms with E-state index in [1.807, 2.05) is 0 Å². The lowest BCUT2D eigenvalue weighted by Gasteiger charge is -2.08. The van der Waals surface area contributed by atoms with Crippen LogP contribution in [0.25, 0.3) is 0 Å². The van der Waals surface area contributed by atoms with Crippen LogP contribution < -0.4 is 5.32 Å². The standard InChI is InChI=1S/C12H9ClFN3O2/c1-19-12(18)10-5-15-6-11(17-10)16-9-4-7(14)2-3-8(9)13/h2-6H,1H3,(H,16,17). The van der Waals surface area contributed by atoms with E-state index in [4.69, 9.17) is 11.6 Å². The van der Waals surface area contributed by atoms with Crippen molar-refractivity contribution in [2.45, 2.75) is 0 Å². The number of hydrogen-bond acceptors (Lipinski definition) is 5. The number of rotatable bonds is 3. The Morgan fingerprint density at radius 2 is 2.21 bits per heavy atom. The highest BCUT2D eigenvalue weighted by Gasteiger charge is 2.09. The highest BCUT2D eigenvalue weighted by molar-refractivity contribution is 6.33. The summed E-state index contributed by atoms with van der Waals surface area (Å²) in [5.41, 5.74) is 0.373. The summed E-state index contributed by atoms with van der Waals surface area (Å²) in [5, 5.41) is 3.10. The largest absolute Gasteiger partial charge is 0.464 e. The highest BCUT2D eigenvalue weighted by atomic mass is 35.5. The molecule has 19 heavy (non-hydrogen) atoms. The summed E-state index contributed by atoms with van der Waals surface area (Å²) in [4.78, 5) is 19.1. The number of ether oxygens (including phenoxy) is 1. The molecule has 5 nitrogen and oxygen atoms in total. The van der Waals surface area contributed by atoms with Crippen molar-refractivity contribution in [2.24, 2.45) is 0 Å². The predicted octanol–water partition coefficient (Wildman–Crippen LogP) is 2.80. The van der Waals surface area contributed by atoms with Gasteiger partial charge in [-0.25, -0.2) is 14.2 Å². The zero-order valence-corrected chi connectivity index (χ0v) is 10.6. The molecule has 0 atom stereocenters. The smallest absolute Gasteiger partial charge is 0.358 e. The molecule has 0 saturated carbocycles. The van der Waals surface area contributed by atoms with Gasteiger partial charge in [0.25, 0.3) is 0 Å². The van der Waals surface area contributed by atoms with Crippen LogP contribution >= 0.6 is 11.6 Å². The molecule has 0 bridgehead atoms. The summed E-state index contributed by atoms with van der Waals surface area (Å²) in [6, 6.07) is 3.87. The average molecular weight is 282 g/mol. The number of hydrogen-bond donors (Lipinski definition) is 1. The Morgan fingerprint density at radius 3 is 2.95 bits per heavy atom. The van der Waals surface area contributed by atoms with Crippen LogP contribution in [0.4, 0.5) is 15.9 Å².